The molecule has 1 saturated heterocycles. The molecule has 4 rings (SSSR count). The number of likely N-dealkylation sites (N-methyl/N-ethyl adjacent to an activating group) is 1. The summed E-state index contributed by atoms with van der Waals surface area (Å²) in [7, 11) is 3.97. The van der Waals surface area contributed by atoms with Crippen molar-refractivity contribution in [3.63, 3.8) is 0 Å². The van der Waals surface area contributed by atoms with Crippen LogP contribution in [0.4, 0.5) is 5.69 Å². The SMILES string of the molecule is COc1ccc2ccccc2c1N(C)C1CCCNC1c1ccccc1. The summed E-state index contributed by atoms with van der Waals surface area (Å²) in [6.07, 6.45) is 2.35. The van der Waals surface area contributed by atoms with Gasteiger partial charge >= 0.3 is 0 Å². The molecule has 0 aromatic heterocycles. The second-order valence-corrected chi connectivity index (χ2v) is 7.00. The lowest BCUT2D eigenvalue weighted by atomic mass is 9.90. The van der Waals surface area contributed by atoms with E-state index in [0.29, 0.717) is 12.1 Å². The Morgan fingerprint density at radius 1 is 0.962 bits per heavy atom. The van der Waals surface area contributed by atoms with Gasteiger partial charge in [0.15, 0.2) is 0 Å². The fraction of sp³-hybridized carbons (Fsp3) is 0.304. The summed E-state index contributed by atoms with van der Waals surface area (Å²) in [6, 6.07) is 24.3. The number of nitrogens with one attached hydrogen (secondary N) is 1. The summed E-state index contributed by atoms with van der Waals surface area (Å²) in [5, 5.41) is 6.23. The van der Waals surface area contributed by atoms with Crippen LogP contribution in [0.25, 0.3) is 10.8 Å². The van der Waals surface area contributed by atoms with Gasteiger partial charge in [-0.25, -0.2) is 0 Å². The van der Waals surface area contributed by atoms with Crippen molar-refractivity contribution in [1.29, 1.82) is 0 Å². The molecule has 26 heavy (non-hydrogen) atoms. The predicted octanol–water partition coefficient (Wildman–Crippen LogP) is 4.78. The van der Waals surface area contributed by atoms with E-state index >= 15 is 0 Å². The zero-order valence-corrected chi connectivity index (χ0v) is 15.5. The van der Waals surface area contributed by atoms with E-state index in [0.717, 1.165) is 18.7 Å². The molecule has 0 bridgehead atoms. The van der Waals surface area contributed by atoms with Gasteiger partial charge in [-0.3, -0.25) is 0 Å². The first-order valence-electron chi connectivity index (χ1n) is 9.36. The number of rotatable bonds is 4. The van der Waals surface area contributed by atoms with Gasteiger partial charge in [-0.2, -0.15) is 0 Å². The first kappa shape index (κ1) is 16.9. The van der Waals surface area contributed by atoms with E-state index in [9.17, 15) is 0 Å². The van der Waals surface area contributed by atoms with Crippen LogP contribution in [0.2, 0.25) is 0 Å². The topological polar surface area (TPSA) is 24.5 Å². The molecule has 2 atom stereocenters. The third kappa shape index (κ3) is 3.04. The second kappa shape index (κ2) is 7.38. The van der Waals surface area contributed by atoms with Gasteiger partial charge < -0.3 is 15.0 Å². The summed E-state index contributed by atoms with van der Waals surface area (Å²) in [4.78, 5) is 2.42. The number of nitrogens with zero attached hydrogens (tertiary/aromatic N) is 1. The summed E-state index contributed by atoms with van der Waals surface area (Å²) >= 11 is 0. The molecule has 3 nitrogen and oxygen atoms in total. The number of hydrogen-bond donors (Lipinski definition) is 1. The van der Waals surface area contributed by atoms with Crippen LogP contribution in [0.1, 0.15) is 24.4 Å². The maximum absolute atomic E-state index is 5.74. The van der Waals surface area contributed by atoms with Gasteiger partial charge in [-0.1, -0.05) is 60.7 Å². The minimum absolute atomic E-state index is 0.318. The van der Waals surface area contributed by atoms with Crippen molar-refractivity contribution in [2.75, 3.05) is 25.6 Å². The molecule has 0 radical (unpaired) electrons. The van der Waals surface area contributed by atoms with E-state index < -0.39 is 0 Å². The van der Waals surface area contributed by atoms with Crippen LogP contribution in [-0.2, 0) is 0 Å². The first-order chi connectivity index (χ1) is 12.8. The fourth-order valence-corrected chi connectivity index (χ4v) is 4.22. The predicted molar refractivity (Wildman–Crippen MR) is 109 cm³/mol. The van der Waals surface area contributed by atoms with E-state index in [1.54, 1.807) is 7.11 Å². The molecule has 0 aliphatic carbocycles. The Bertz CT molecular complexity index is 878. The summed E-state index contributed by atoms with van der Waals surface area (Å²) in [6.45, 7) is 1.07. The number of hydrogen-bond acceptors (Lipinski definition) is 3. The Morgan fingerprint density at radius 3 is 2.54 bits per heavy atom. The number of methoxy groups -OCH3 is 1. The highest BCUT2D eigenvalue weighted by Crippen LogP contribution is 2.40. The number of fused-ring (bicyclic) bond motifs is 1. The molecule has 1 N–H and O–H groups in total. The lowest BCUT2D eigenvalue weighted by Gasteiger charge is -2.41. The zero-order valence-electron chi connectivity index (χ0n) is 15.5. The Kier molecular flexibility index (Phi) is 4.81. The average Bonchev–Trinajstić information content (AvgIpc) is 2.73. The molecule has 1 fully saturated rings. The Hall–Kier alpha value is -2.52. The average molecular weight is 346 g/mol. The normalized spacial score (nSPS) is 20.1. The summed E-state index contributed by atoms with van der Waals surface area (Å²) in [5.74, 6) is 0.934. The van der Waals surface area contributed by atoms with Crippen LogP contribution in [0.15, 0.2) is 66.7 Å². The van der Waals surface area contributed by atoms with E-state index in [4.69, 9.17) is 4.74 Å². The molecule has 2 unspecified atom stereocenters. The van der Waals surface area contributed by atoms with Crippen LogP contribution in [0.3, 0.4) is 0 Å². The smallest absolute Gasteiger partial charge is 0.142 e. The minimum atomic E-state index is 0.318. The molecule has 1 heterocycles. The monoisotopic (exact) mass is 346 g/mol. The lowest BCUT2D eigenvalue weighted by Crippen LogP contribution is -2.47. The first-order valence-corrected chi connectivity index (χ1v) is 9.36. The van der Waals surface area contributed by atoms with Gasteiger partial charge in [-0.05, 0) is 36.4 Å². The highest BCUT2D eigenvalue weighted by atomic mass is 16.5. The Labute approximate surface area is 155 Å². The van der Waals surface area contributed by atoms with E-state index in [1.165, 1.54) is 28.4 Å². The van der Waals surface area contributed by atoms with E-state index in [-0.39, 0.29) is 0 Å². The molecule has 0 spiro atoms. The van der Waals surface area contributed by atoms with Crippen LogP contribution in [-0.4, -0.2) is 26.7 Å². The third-order valence-corrected chi connectivity index (χ3v) is 5.52. The minimum Gasteiger partial charge on any atom is -0.495 e. The second-order valence-electron chi connectivity index (χ2n) is 7.00. The van der Waals surface area contributed by atoms with Crippen LogP contribution in [0, 0.1) is 0 Å². The van der Waals surface area contributed by atoms with Crippen molar-refractivity contribution in [1.82, 2.24) is 5.32 Å². The molecule has 3 heteroatoms. The number of anilines is 1. The Balaban J connectivity index is 1.78. The summed E-state index contributed by atoms with van der Waals surface area (Å²) in [5.41, 5.74) is 2.53. The van der Waals surface area contributed by atoms with Crippen LogP contribution < -0.4 is 15.0 Å². The molecular weight excluding hydrogens is 320 g/mol. The highest BCUT2D eigenvalue weighted by molar-refractivity contribution is 5.97. The van der Waals surface area contributed by atoms with E-state index in [2.05, 4.69) is 84.0 Å². The largest absolute Gasteiger partial charge is 0.495 e. The number of piperidine rings is 1. The quantitative estimate of drug-likeness (QED) is 0.736. The lowest BCUT2D eigenvalue weighted by molar-refractivity contribution is 0.345. The molecule has 3 aromatic rings. The van der Waals surface area contributed by atoms with Gasteiger partial charge in [0.05, 0.1) is 18.8 Å². The molecule has 1 aliphatic rings. The van der Waals surface area contributed by atoms with Crippen LogP contribution in [0.5, 0.6) is 5.75 Å². The number of benzene rings is 3. The summed E-state index contributed by atoms with van der Waals surface area (Å²) < 4.78 is 5.74. The maximum atomic E-state index is 5.74. The molecule has 0 amide bonds. The van der Waals surface area contributed by atoms with E-state index in [1.807, 2.05) is 0 Å². The molecule has 134 valence electrons. The van der Waals surface area contributed by atoms with Crippen molar-refractivity contribution in [3.05, 3.63) is 72.3 Å². The van der Waals surface area contributed by atoms with Crippen molar-refractivity contribution in [3.8, 4) is 5.75 Å². The maximum Gasteiger partial charge on any atom is 0.142 e. The molecule has 0 saturated carbocycles. The van der Waals surface area contributed by atoms with Crippen molar-refractivity contribution in [2.24, 2.45) is 0 Å². The van der Waals surface area contributed by atoms with Crippen molar-refractivity contribution < 1.29 is 4.74 Å². The van der Waals surface area contributed by atoms with Gasteiger partial charge in [0.2, 0.25) is 0 Å². The van der Waals surface area contributed by atoms with Gasteiger partial charge in [0.1, 0.15) is 5.75 Å². The standard InChI is InChI=1S/C23H26N2O/c1-25(20-13-8-16-24-22(20)18-10-4-3-5-11-18)23-19-12-7-6-9-17(19)14-15-21(23)26-2/h3-7,9-12,14-15,20,22,24H,8,13,16H2,1-2H3. The van der Waals surface area contributed by atoms with Gasteiger partial charge in [0.25, 0.3) is 0 Å². The van der Waals surface area contributed by atoms with Crippen molar-refractivity contribution >= 4 is 16.5 Å². The third-order valence-electron chi connectivity index (χ3n) is 5.52. The zero-order chi connectivity index (χ0) is 17.9. The molecule has 1 aliphatic heterocycles. The molecular formula is C23H26N2O. The van der Waals surface area contributed by atoms with Crippen LogP contribution >= 0.6 is 0 Å². The Morgan fingerprint density at radius 2 is 1.73 bits per heavy atom. The van der Waals surface area contributed by atoms with Crippen molar-refractivity contribution in [2.45, 2.75) is 24.9 Å². The van der Waals surface area contributed by atoms with Gasteiger partial charge in [-0.15, -0.1) is 0 Å². The number of ether oxygens (including phenoxy) is 1. The van der Waals surface area contributed by atoms with Gasteiger partial charge in [0, 0.05) is 18.5 Å². The highest BCUT2D eigenvalue weighted by Gasteiger charge is 2.31. The molecule has 3 aromatic carbocycles. The fourth-order valence-electron chi connectivity index (χ4n) is 4.22.